The van der Waals surface area contributed by atoms with Gasteiger partial charge in [-0.25, -0.2) is 4.79 Å². The molecule has 0 aliphatic rings. The van der Waals surface area contributed by atoms with Gasteiger partial charge in [0.15, 0.2) is 0 Å². The van der Waals surface area contributed by atoms with Crippen LogP contribution in [-0.4, -0.2) is 29.3 Å². The lowest BCUT2D eigenvalue weighted by Crippen LogP contribution is -2.22. The summed E-state index contributed by atoms with van der Waals surface area (Å²) in [7, 11) is 0. The van der Waals surface area contributed by atoms with Crippen LogP contribution in [0.3, 0.4) is 0 Å². The third-order valence-corrected chi connectivity index (χ3v) is 3.05. The number of carboxylic acid groups (broad SMARTS) is 1. The van der Waals surface area contributed by atoms with Gasteiger partial charge < -0.3 is 19.9 Å². The first-order valence-corrected chi connectivity index (χ1v) is 6.22. The van der Waals surface area contributed by atoms with E-state index < -0.39 is 5.97 Å². The zero-order valence-electron chi connectivity index (χ0n) is 10.9. The molecular weight excluding hydrogens is 234 g/mol. The fraction of sp³-hybridized carbons (Fsp3) is 0.615. The normalized spacial score (nSPS) is 12.6. The van der Waals surface area contributed by atoms with Crippen molar-refractivity contribution < 1.29 is 19.4 Å². The second kappa shape index (κ2) is 7.18. The molecule has 1 rings (SSSR count). The Balaban J connectivity index is 2.44. The van der Waals surface area contributed by atoms with Crippen LogP contribution >= 0.6 is 0 Å². The van der Waals surface area contributed by atoms with E-state index in [1.165, 1.54) is 0 Å². The van der Waals surface area contributed by atoms with Gasteiger partial charge in [0.25, 0.3) is 0 Å². The number of aryl methyl sites for hydroxylation is 1. The van der Waals surface area contributed by atoms with Gasteiger partial charge in [0.2, 0.25) is 0 Å². The Morgan fingerprint density at radius 3 is 2.78 bits per heavy atom. The van der Waals surface area contributed by atoms with Crippen molar-refractivity contribution in [3.63, 3.8) is 0 Å². The van der Waals surface area contributed by atoms with Gasteiger partial charge in [0, 0.05) is 6.61 Å². The summed E-state index contributed by atoms with van der Waals surface area (Å²) in [4.78, 5) is 10.8. The number of hydrogen-bond donors (Lipinski definition) is 3. The largest absolute Gasteiger partial charge is 0.478 e. The van der Waals surface area contributed by atoms with Crippen molar-refractivity contribution in [3.05, 3.63) is 23.2 Å². The Morgan fingerprint density at radius 2 is 2.28 bits per heavy atom. The molecule has 0 saturated heterocycles. The summed E-state index contributed by atoms with van der Waals surface area (Å²) in [5.41, 5.74) is 0.217. The molecule has 0 fully saturated rings. The minimum Gasteiger partial charge on any atom is -0.478 e. The standard InChI is InChI=1S/C13H21NO4/c1-3-10(4-5-15)7-14-8-11-6-12(13(16)17)9(2)18-11/h6,10,14-15H,3-5,7-8H2,1-2H3,(H,16,17). The Hall–Kier alpha value is -1.33. The zero-order valence-corrected chi connectivity index (χ0v) is 10.9. The first-order valence-electron chi connectivity index (χ1n) is 6.22. The molecule has 0 aliphatic carbocycles. The van der Waals surface area contributed by atoms with Gasteiger partial charge in [-0.05, 0) is 31.9 Å². The Morgan fingerprint density at radius 1 is 1.56 bits per heavy atom. The number of nitrogens with one attached hydrogen (secondary N) is 1. The third-order valence-electron chi connectivity index (χ3n) is 3.05. The molecule has 0 radical (unpaired) electrons. The second-order valence-electron chi connectivity index (χ2n) is 4.41. The highest BCUT2D eigenvalue weighted by Crippen LogP contribution is 2.14. The topological polar surface area (TPSA) is 82.7 Å². The maximum Gasteiger partial charge on any atom is 0.339 e. The Bertz CT molecular complexity index is 386. The second-order valence-corrected chi connectivity index (χ2v) is 4.41. The van der Waals surface area contributed by atoms with E-state index in [0.717, 1.165) is 19.4 Å². The highest BCUT2D eigenvalue weighted by molar-refractivity contribution is 5.88. The molecule has 0 saturated carbocycles. The summed E-state index contributed by atoms with van der Waals surface area (Å²) in [6.45, 7) is 5.23. The van der Waals surface area contributed by atoms with Crippen LogP contribution in [0.4, 0.5) is 0 Å². The summed E-state index contributed by atoms with van der Waals surface area (Å²) < 4.78 is 5.36. The number of carbonyl (C=O) groups is 1. The molecule has 5 heteroatoms. The molecule has 0 spiro atoms. The Kier molecular flexibility index (Phi) is 5.88. The molecule has 1 aromatic heterocycles. The van der Waals surface area contributed by atoms with E-state index in [1.54, 1.807) is 13.0 Å². The van der Waals surface area contributed by atoms with Crippen molar-refractivity contribution in [2.45, 2.75) is 33.2 Å². The molecule has 0 aliphatic heterocycles. The van der Waals surface area contributed by atoms with Gasteiger partial charge in [-0.3, -0.25) is 0 Å². The van der Waals surface area contributed by atoms with Crippen LogP contribution in [0.2, 0.25) is 0 Å². The smallest absolute Gasteiger partial charge is 0.339 e. The van der Waals surface area contributed by atoms with Gasteiger partial charge in [-0.1, -0.05) is 13.3 Å². The quantitative estimate of drug-likeness (QED) is 0.659. The van der Waals surface area contributed by atoms with E-state index in [-0.39, 0.29) is 12.2 Å². The Labute approximate surface area is 107 Å². The van der Waals surface area contributed by atoms with Crippen LogP contribution in [0.15, 0.2) is 10.5 Å². The van der Waals surface area contributed by atoms with Gasteiger partial charge in [-0.2, -0.15) is 0 Å². The number of aliphatic hydroxyl groups is 1. The number of carboxylic acids is 1. The van der Waals surface area contributed by atoms with E-state index in [1.807, 2.05) is 0 Å². The molecule has 1 atom stereocenters. The van der Waals surface area contributed by atoms with Crippen LogP contribution in [0, 0.1) is 12.8 Å². The molecule has 1 unspecified atom stereocenters. The number of hydrogen-bond acceptors (Lipinski definition) is 4. The highest BCUT2D eigenvalue weighted by Gasteiger charge is 2.13. The van der Waals surface area contributed by atoms with E-state index >= 15 is 0 Å². The molecule has 0 amide bonds. The summed E-state index contributed by atoms with van der Waals surface area (Å²) in [6.07, 6.45) is 1.78. The van der Waals surface area contributed by atoms with E-state index in [9.17, 15) is 4.79 Å². The lowest BCUT2D eigenvalue weighted by Gasteiger charge is -2.13. The fourth-order valence-corrected chi connectivity index (χ4v) is 1.88. The van der Waals surface area contributed by atoms with Gasteiger partial charge in [0.05, 0.1) is 6.54 Å². The zero-order chi connectivity index (χ0) is 13.5. The predicted molar refractivity (Wildman–Crippen MR) is 67.6 cm³/mol. The maximum atomic E-state index is 10.8. The molecule has 0 aromatic carbocycles. The molecule has 3 N–H and O–H groups in total. The van der Waals surface area contributed by atoms with Crippen LogP contribution in [0.5, 0.6) is 0 Å². The van der Waals surface area contributed by atoms with Crippen LogP contribution in [-0.2, 0) is 6.54 Å². The van der Waals surface area contributed by atoms with Gasteiger partial charge in [-0.15, -0.1) is 0 Å². The van der Waals surface area contributed by atoms with E-state index in [2.05, 4.69) is 12.2 Å². The number of aliphatic hydroxyl groups excluding tert-OH is 1. The minimum absolute atomic E-state index is 0.198. The lowest BCUT2D eigenvalue weighted by atomic mass is 10.0. The SMILES string of the molecule is CCC(CCO)CNCc1cc(C(=O)O)c(C)o1. The van der Waals surface area contributed by atoms with Crippen molar-refractivity contribution in [3.8, 4) is 0 Å². The minimum atomic E-state index is -0.964. The molecule has 18 heavy (non-hydrogen) atoms. The van der Waals surface area contributed by atoms with E-state index in [4.69, 9.17) is 14.6 Å². The number of rotatable bonds is 8. The van der Waals surface area contributed by atoms with Crippen molar-refractivity contribution in [2.24, 2.45) is 5.92 Å². The molecule has 0 bridgehead atoms. The van der Waals surface area contributed by atoms with Gasteiger partial charge >= 0.3 is 5.97 Å². The van der Waals surface area contributed by atoms with Crippen LogP contribution < -0.4 is 5.32 Å². The third kappa shape index (κ3) is 4.16. The molecule has 102 valence electrons. The first-order chi connectivity index (χ1) is 8.58. The van der Waals surface area contributed by atoms with Gasteiger partial charge in [0.1, 0.15) is 17.1 Å². The molecule has 5 nitrogen and oxygen atoms in total. The summed E-state index contributed by atoms with van der Waals surface area (Å²) in [6, 6.07) is 1.55. The summed E-state index contributed by atoms with van der Waals surface area (Å²) in [5.74, 6) is 0.532. The van der Waals surface area contributed by atoms with Crippen molar-refractivity contribution in [1.29, 1.82) is 0 Å². The average Bonchev–Trinajstić information content (AvgIpc) is 2.69. The molecular formula is C13H21NO4. The predicted octanol–water partition coefficient (Wildman–Crippen LogP) is 1.78. The lowest BCUT2D eigenvalue weighted by molar-refractivity contribution is 0.0695. The molecule has 1 heterocycles. The highest BCUT2D eigenvalue weighted by atomic mass is 16.4. The fourth-order valence-electron chi connectivity index (χ4n) is 1.88. The van der Waals surface area contributed by atoms with E-state index in [0.29, 0.717) is 24.0 Å². The summed E-state index contributed by atoms with van der Waals surface area (Å²) >= 11 is 0. The van der Waals surface area contributed by atoms with Crippen molar-refractivity contribution >= 4 is 5.97 Å². The van der Waals surface area contributed by atoms with Crippen molar-refractivity contribution in [2.75, 3.05) is 13.2 Å². The van der Waals surface area contributed by atoms with Crippen molar-refractivity contribution in [1.82, 2.24) is 5.32 Å². The monoisotopic (exact) mass is 255 g/mol. The number of aromatic carboxylic acids is 1. The van der Waals surface area contributed by atoms with Crippen LogP contribution in [0.1, 0.15) is 41.6 Å². The molecule has 1 aromatic rings. The summed E-state index contributed by atoms with van der Waals surface area (Å²) in [5, 5.41) is 21.0. The average molecular weight is 255 g/mol. The first kappa shape index (κ1) is 14.7. The van der Waals surface area contributed by atoms with Crippen LogP contribution in [0.25, 0.3) is 0 Å². The maximum absolute atomic E-state index is 10.8. The number of furan rings is 1.